The summed E-state index contributed by atoms with van der Waals surface area (Å²) in [4.78, 5) is 14.5. The molecular weight excluding hydrogens is 332 g/mol. The highest BCUT2D eigenvalue weighted by Gasteiger charge is 2.34. The lowest BCUT2D eigenvalue weighted by atomic mass is 10.1. The third kappa shape index (κ3) is 4.18. The number of rotatable bonds is 6. The summed E-state index contributed by atoms with van der Waals surface area (Å²) in [6.45, 7) is 3.73. The molecule has 1 aromatic carbocycles. The van der Waals surface area contributed by atoms with E-state index in [1.54, 1.807) is 36.3 Å². The average Bonchev–Trinajstić information content (AvgIpc) is 2.59. The fraction of sp³-hybridized carbons (Fsp3) is 0.562. The van der Waals surface area contributed by atoms with Crippen molar-refractivity contribution in [1.82, 2.24) is 4.90 Å². The smallest absolute Gasteiger partial charge is 0.246 e. The fourth-order valence-electron chi connectivity index (χ4n) is 2.77. The van der Waals surface area contributed by atoms with Gasteiger partial charge in [-0.3, -0.25) is 9.10 Å². The van der Waals surface area contributed by atoms with Crippen LogP contribution in [0.1, 0.15) is 13.3 Å². The molecule has 1 aromatic rings. The summed E-state index contributed by atoms with van der Waals surface area (Å²) >= 11 is 0. The number of hydrogen-bond donors (Lipinski definition) is 0. The number of nitrogens with zero attached hydrogens (tertiary/aromatic N) is 2. The number of amides is 1. The van der Waals surface area contributed by atoms with Crippen LogP contribution in [0.4, 0.5) is 5.69 Å². The Morgan fingerprint density at radius 3 is 2.33 bits per heavy atom. The minimum atomic E-state index is -3.62. The highest BCUT2D eigenvalue weighted by atomic mass is 32.2. The lowest BCUT2D eigenvalue weighted by Crippen LogP contribution is -2.53. The monoisotopic (exact) mass is 356 g/mol. The van der Waals surface area contributed by atoms with Crippen molar-refractivity contribution in [2.75, 3.05) is 44.0 Å². The largest absolute Gasteiger partial charge is 0.497 e. The molecule has 0 radical (unpaired) electrons. The van der Waals surface area contributed by atoms with Crippen LogP contribution in [0.5, 0.6) is 5.75 Å². The number of anilines is 1. The zero-order valence-corrected chi connectivity index (χ0v) is 15.1. The number of sulfonamides is 1. The molecule has 0 spiro atoms. The molecule has 1 unspecified atom stereocenters. The van der Waals surface area contributed by atoms with Gasteiger partial charge in [0.1, 0.15) is 11.8 Å². The van der Waals surface area contributed by atoms with E-state index in [2.05, 4.69) is 0 Å². The third-order valence-corrected chi connectivity index (χ3v) is 5.14. The molecule has 1 saturated heterocycles. The highest BCUT2D eigenvalue weighted by molar-refractivity contribution is 7.92. The lowest BCUT2D eigenvalue weighted by molar-refractivity contribution is -0.136. The molecule has 0 N–H and O–H groups in total. The molecule has 2 rings (SSSR count). The summed E-state index contributed by atoms with van der Waals surface area (Å²) in [6, 6.07) is 5.88. The first kappa shape index (κ1) is 18.5. The predicted molar refractivity (Wildman–Crippen MR) is 91.8 cm³/mol. The highest BCUT2D eigenvalue weighted by Crippen LogP contribution is 2.26. The molecule has 0 aliphatic carbocycles. The van der Waals surface area contributed by atoms with E-state index in [4.69, 9.17) is 9.47 Å². The van der Waals surface area contributed by atoms with Crippen LogP contribution in [-0.4, -0.2) is 64.9 Å². The number of carbonyl (C=O) groups is 1. The third-order valence-electron chi connectivity index (χ3n) is 3.96. The number of ether oxygens (including phenoxy) is 2. The van der Waals surface area contributed by atoms with E-state index >= 15 is 0 Å². The zero-order chi connectivity index (χ0) is 17.7. The summed E-state index contributed by atoms with van der Waals surface area (Å²) in [5.41, 5.74) is 0.451. The Balaban J connectivity index is 2.35. The second-order valence-corrected chi connectivity index (χ2v) is 7.48. The van der Waals surface area contributed by atoms with Crippen LogP contribution in [0.15, 0.2) is 24.3 Å². The van der Waals surface area contributed by atoms with Crippen molar-refractivity contribution in [3.63, 3.8) is 0 Å². The number of benzene rings is 1. The van der Waals surface area contributed by atoms with E-state index in [1.165, 1.54) is 4.31 Å². The van der Waals surface area contributed by atoms with Crippen LogP contribution in [0.25, 0.3) is 0 Å². The van der Waals surface area contributed by atoms with Crippen molar-refractivity contribution >= 4 is 21.6 Å². The second kappa shape index (κ2) is 7.85. The first-order valence-corrected chi connectivity index (χ1v) is 9.73. The van der Waals surface area contributed by atoms with Gasteiger partial charge in [-0.15, -0.1) is 0 Å². The van der Waals surface area contributed by atoms with Gasteiger partial charge in [-0.1, -0.05) is 6.92 Å². The normalized spacial score (nSPS) is 16.5. The first-order valence-electron chi connectivity index (χ1n) is 7.88. The summed E-state index contributed by atoms with van der Waals surface area (Å²) in [5, 5.41) is 0. The van der Waals surface area contributed by atoms with Gasteiger partial charge in [-0.2, -0.15) is 0 Å². The molecule has 0 aromatic heterocycles. The van der Waals surface area contributed by atoms with Crippen molar-refractivity contribution < 1.29 is 22.7 Å². The quantitative estimate of drug-likeness (QED) is 0.763. The summed E-state index contributed by atoms with van der Waals surface area (Å²) in [6.07, 6.45) is 1.50. The van der Waals surface area contributed by atoms with Gasteiger partial charge in [0.15, 0.2) is 0 Å². The average molecular weight is 356 g/mol. The van der Waals surface area contributed by atoms with E-state index < -0.39 is 16.1 Å². The molecule has 8 heteroatoms. The van der Waals surface area contributed by atoms with Gasteiger partial charge in [0, 0.05) is 13.1 Å². The van der Waals surface area contributed by atoms with Gasteiger partial charge in [-0.25, -0.2) is 8.42 Å². The number of carbonyl (C=O) groups excluding carboxylic acids is 1. The van der Waals surface area contributed by atoms with Gasteiger partial charge in [0.25, 0.3) is 0 Å². The van der Waals surface area contributed by atoms with Crippen LogP contribution in [-0.2, 0) is 19.6 Å². The lowest BCUT2D eigenvalue weighted by Gasteiger charge is -2.35. The van der Waals surface area contributed by atoms with E-state index in [1.807, 2.05) is 6.92 Å². The molecule has 1 heterocycles. The van der Waals surface area contributed by atoms with Gasteiger partial charge >= 0.3 is 0 Å². The van der Waals surface area contributed by atoms with Crippen LogP contribution in [0.3, 0.4) is 0 Å². The van der Waals surface area contributed by atoms with E-state index in [-0.39, 0.29) is 5.91 Å². The Hall–Kier alpha value is -1.80. The van der Waals surface area contributed by atoms with Crippen molar-refractivity contribution in [1.29, 1.82) is 0 Å². The molecule has 1 aliphatic heterocycles. The van der Waals surface area contributed by atoms with Crippen LogP contribution in [0, 0.1) is 0 Å². The van der Waals surface area contributed by atoms with Gasteiger partial charge < -0.3 is 14.4 Å². The first-order chi connectivity index (χ1) is 11.4. The fourth-order valence-corrected chi connectivity index (χ4v) is 3.97. The van der Waals surface area contributed by atoms with Crippen molar-refractivity contribution in [3.05, 3.63) is 24.3 Å². The molecule has 1 aliphatic rings. The summed E-state index contributed by atoms with van der Waals surface area (Å²) in [5.74, 6) is 0.432. The van der Waals surface area contributed by atoms with Gasteiger partial charge in [0.2, 0.25) is 15.9 Å². The Morgan fingerprint density at radius 2 is 1.88 bits per heavy atom. The van der Waals surface area contributed by atoms with E-state index in [0.29, 0.717) is 44.2 Å². The van der Waals surface area contributed by atoms with E-state index in [9.17, 15) is 13.2 Å². The Labute approximate surface area is 143 Å². The van der Waals surface area contributed by atoms with Crippen LogP contribution < -0.4 is 9.04 Å². The Morgan fingerprint density at radius 1 is 1.29 bits per heavy atom. The van der Waals surface area contributed by atoms with Crippen LogP contribution >= 0.6 is 0 Å². The molecule has 1 amide bonds. The van der Waals surface area contributed by atoms with Crippen molar-refractivity contribution in [2.45, 2.75) is 19.4 Å². The number of morpholine rings is 1. The SMILES string of the molecule is CCC(C(=O)N1CCOCC1)N(c1ccc(OC)cc1)S(C)(=O)=O. The number of methoxy groups -OCH3 is 1. The molecule has 134 valence electrons. The molecule has 0 saturated carbocycles. The van der Waals surface area contributed by atoms with Gasteiger partial charge in [-0.05, 0) is 30.7 Å². The topological polar surface area (TPSA) is 76.2 Å². The second-order valence-electron chi connectivity index (χ2n) is 5.62. The van der Waals surface area contributed by atoms with Crippen molar-refractivity contribution in [2.24, 2.45) is 0 Å². The molecular formula is C16H24N2O5S. The van der Waals surface area contributed by atoms with Gasteiger partial charge in [0.05, 0.1) is 32.3 Å². The number of hydrogen-bond acceptors (Lipinski definition) is 5. The standard InChI is InChI=1S/C16H24N2O5S/c1-4-15(16(19)17-9-11-23-12-10-17)18(24(3,20)21)13-5-7-14(22-2)8-6-13/h5-8,15H,4,9-12H2,1-3H3. The zero-order valence-electron chi connectivity index (χ0n) is 14.3. The minimum Gasteiger partial charge on any atom is -0.497 e. The summed E-state index contributed by atoms with van der Waals surface area (Å²) < 4.78 is 36.3. The maximum absolute atomic E-state index is 12.9. The molecule has 1 fully saturated rings. The molecule has 1 atom stereocenters. The molecule has 24 heavy (non-hydrogen) atoms. The minimum absolute atomic E-state index is 0.193. The molecule has 0 bridgehead atoms. The predicted octanol–water partition coefficient (Wildman–Crippen LogP) is 1.10. The maximum atomic E-state index is 12.9. The van der Waals surface area contributed by atoms with Crippen LogP contribution in [0.2, 0.25) is 0 Å². The van der Waals surface area contributed by atoms with Crippen molar-refractivity contribution in [3.8, 4) is 5.75 Å². The Bertz CT molecular complexity index is 654. The van der Waals surface area contributed by atoms with E-state index in [0.717, 1.165) is 6.26 Å². The molecule has 7 nitrogen and oxygen atoms in total. The summed E-state index contributed by atoms with van der Waals surface area (Å²) in [7, 11) is -2.08. The Kier molecular flexibility index (Phi) is 6.06. The maximum Gasteiger partial charge on any atom is 0.246 e.